The van der Waals surface area contributed by atoms with Gasteiger partial charge in [0.15, 0.2) is 0 Å². The predicted molar refractivity (Wildman–Crippen MR) is 59.2 cm³/mol. The third kappa shape index (κ3) is 1.73. The fraction of sp³-hybridized carbons (Fsp3) is 0.583. The molecule has 4 heteroatoms. The SMILES string of the molecule is O=C(NC1CC(O)C1)c1cccn1C1CC1. The summed E-state index contributed by atoms with van der Waals surface area (Å²) in [4.78, 5) is 12.0. The summed E-state index contributed by atoms with van der Waals surface area (Å²) in [6.07, 6.45) is 5.49. The van der Waals surface area contributed by atoms with E-state index in [4.69, 9.17) is 5.11 Å². The molecule has 2 aliphatic carbocycles. The first-order chi connectivity index (χ1) is 7.74. The average molecular weight is 220 g/mol. The van der Waals surface area contributed by atoms with Gasteiger partial charge in [-0.15, -0.1) is 0 Å². The van der Waals surface area contributed by atoms with Crippen molar-refractivity contribution in [3.05, 3.63) is 24.0 Å². The van der Waals surface area contributed by atoms with Gasteiger partial charge in [0.1, 0.15) is 5.69 Å². The van der Waals surface area contributed by atoms with Crippen LogP contribution in [0.4, 0.5) is 0 Å². The Kier molecular flexibility index (Phi) is 2.24. The van der Waals surface area contributed by atoms with Crippen LogP contribution in [0.3, 0.4) is 0 Å². The lowest BCUT2D eigenvalue weighted by atomic mass is 9.89. The van der Waals surface area contributed by atoms with Crippen molar-refractivity contribution >= 4 is 5.91 Å². The number of amides is 1. The smallest absolute Gasteiger partial charge is 0.268 e. The molecule has 0 aliphatic heterocycles. The molecule has 1 aromatic heterocycles. The van der Waals surface area contributed by atoms with E-state index in [0.717, 1.165) is 5.69 Å². The van der Waals surface area contributed by atoms with Crippen LogP contribution in [-0.2, 0) is 0 Å². The third-order valence-corrected chi connectivity index (χ3v) is 3.40. The largest absolute Gasteiger partial charge is 0.393 e. The van der Waals surface area contributed by atoms with Gasteiger partial charge in [-0.2, -0.15) is 0 Å². The van der Waals surface area contributed by atoms with E-state index in [1.54, 1.807) is 0 Å². The molecule has 0 saturated heterocycles. The van der Waals surface area contributed by atoms with E-state index >= 15 is 0 Å². The van der Waals surface area contributed by atoms with Crippen molar-refractivity contribution in [1.29, 1.82) is 0 Å². The summed E-state index contributed by atoms with van der Waals surface area (Å²) in [6, 6.07) is 4.47. The van der Waals surface area contributed by atoms with Crippen LogP contribution in [0.2, 0.25) is 0 Å². The first kappa shape index (κ1) is 9.90. The normalized spacial score (nSPS) is 28.6. The Morgan fingerprint density at radius 3 is 2.81 bits per heavy atom. The predicted octanol–water partition coefficient (Wildman–Crippen LogP) is 1.08. The van der Waals surface area contributed by atoms with E-state index in [1.807, 2.05) is 18.3 Å². The van der Waals surface area contributed by atoms with E-state index in [9.17, 15) is 4.79 Å². The first-order valence-electron chi connectivity index (χ1n) is 5.90. The van der Waals surface area contributed by atoms with Crippen molar-refractivity contribution in [2.75, 3.05) is 0 Å². The quantitative estimate of drug-likeness (QED) is 0.800. The topological polar surface area (TPSA) is 54.3 Å². The molecule has 4 nitrogen and oxygen atoms in total. The number of carbonyl (C=O) groups excluding carboxylic acids is 1. The molecule has 0 bridgehead atoms. The standard InChI is InChI=1S/C12H16N2O2/c15-10-6-8(7-10)13-12(16)11-2-1-5-14(11)9-3-4-9/h1-2,5,8-10,15H,3-4,6-7H2,(H,13,16). The maximum absolute atomic E-state index is 12.0. The highest BCUT2D eigenvalue weighted by Gasteiger charge is 2.31. The maximum atomic E-state index is 12.0. The van der Waals surface area contributed by atoms with Gasteiger partial charge >= 0.3 is 0 Å². The first-order valence-corrected chi connectivity index (χ1v) is 5.90. The zero-order chi connectivity index (χ0) is 11.1. The second-order valence-electron chi connectivity index (χ2n) is 4.83. The highest BCUT2D eigenvalue weighted by atomic mass is 16.3. The number of carbonyl (C=O) groups is 1. The lowest BCUT2D eigenvalue weighted by Crippen LogP contribution is -2.47. The summed E-state index contributed by atoms with van der Waals surface area (Å²) in [7, 11) is 0. The summed E-state index contributed by atoms with van der Waals surface area (Å²) in [5.41, 5.74) is 0.754. The molecule has 2 aliphatic rings. The molecular weight excluding hydrogens is 204 g/mol. The average Bonchev–Trinajstić information content (AvgIpc) is 2.94. The fourth-order valence-corrected chi connectivity index (χ4v) is 2.22. The molecule has 2 fully saturated rings. The molecule has 0 radical (unpaired) electrons. The lowest BCUT2D eigenvalue weighted by Gasteiger charge is -2.32. The number of hydrogen-bond donors (Lipinski definition) is 2. The highest BCUT2D eigenvalue weighted by Crippen LogP contribution is 2.36. The summed E-state index contributed by atoms with van der Waals surface area (Å²) < 4.78 is 2.06. The molecule has 0 unspecified atom stereocenters. The van der Waals surface area contributed by atoms with Crippen LogP contribution in [0.5, 0.6) is 0 Å². The van der Waals surface area contributed by atoms with Crippen molar-refractivity contribution in [2.45, 2.75) is 43.9 Å². The number of hydrogen-bond acceptors (Lipinski definition) is 2. The molecular formula is C12H16N2O2. The summed E-state index contributed by atoms with van der Waals surface area (Å²) in [6.45, 7) is 0. The number of aliphatic hydroxyl groups excluding tert-OH is 1. The molecule has 2 saturated carbocycles. The number of rotatable bonds is 3. The highest BCUT2D eigenvalue weighted by molar-refractivity contribution is 5.93. The Balaban J connectivity index is 1.66. The van der Waals surface area contributed by atoms with Gasteiger partial charge < -0.3 is 15.0 Å². The van der Waals surface area contributed by atoms with Gasteiger partial charge in [0.05, 0.1) is 6.10 Å². The van der Waals surface area contributed by atoms with E-state index < -0.39 is 0 Å². The van der Waals surface area contributed by atoms with Crippen molar-refractivity contribution in [1.82, 2.24) is 9.88 Å². The molecule has 86 valence electrons. The van der Waals surface area contributed by atoms with Crippen LogP contribution < -0.4 is 5.32 Å². The van der Waals surface area contributed by atoms with Crippen LogP contribution in [-0.4, -0.2) is 27.7 Å². The molecule has 1 amide bonds. The number of nitrogens with zero attached hydrogens (tertiary/aromatic N) is 1. The Hall–Kier alpha value is -1.29. The number of aromatic nitrogens is 1. The maximum Gasteiger partial charge on any atom is 0.268 e. The Bertz CT molecular complexity index is 403. The van der Waals surface area contributed by atoms with Crippen molar-refractivity contribution in [3.8, 4) is 0 Å². The second-order valence-corrected chi connectivity index (χ2v) is 4.83. The summed E-state index contributed by atoms with van der Waals surface area (Å²) in [5, 5.41) is 12.1. The Labute approximate surface area is 94.3 Å². The zero-order valence-electron chi connectivity index (χ0n) is 9.10. The third-order valence-electron chi connectivity index (χ3n) is 3.40. The molecule has 0 aromatic carbocycles. The zero-order valence-corrected chi connectivity index (χ0v) is 9.10. The second kappa shape index (κ2) is 3.63. The van der Waals surface area contributed by atoms with Crippen LogP contribution >= 0.6 is 0 Å². The van der Waals surface area contributed by atoms with E-state index in [1.165, 1.54) is 12.8 Å². The monoisotopic (exact) mass is 220 g/mol. The van der Waals surface area contributed by atoms with Crippen LogP contribution in [0.1, 0.15) is 42.2 Å². The summed E-state index contributed by atoms with van der Waals surface area (Å²) >= 11 is 0. The van der Waals surface area contributed by atoms with Crippen molar-refractivity contribution in [3.63, 3.8) is 0 Å². The van der Waals surface area contributed by atoms with E-state index in [2.05, 4.69) is 9.88 Å². The minimum atomic E-state index is -0.222. The minimum absolute atomic E-state index is 0.00574. The lowest BCUT2D eigenvalue weighted by molar-refractivity contribution is 0.0559. The van der Waals surface area contributed by atoms with Gasteiger partial charge in [-0.25, -0.2) is 0 Å². The fourth-order valence-electron chi connectivity index (χ4n) is 2.22. The molecule has 1 aromatic rings. The van der Waals surface area contributed by atoms with Gasteiger partial charge in [-0.3, -0.25) is 4.79 Å². The van der Waals surface area contributed by atoms with Gasteiger partial charge in [0, 0.05) is 18.3 Å². The van der Waals surface area contributed by atoms with Gasteiger partial charge in [-0.1, -0.05) is 0 Å². The molecule has 1 heterocycles. The van der Waals surface area contributed by atoms with Crippen molar-refractivity contribution in [2.24, 2.45) is 0 Å². The Morgan fingerprint density at radius 2 is 2.19 bits per heavy atom. The number of nitrogens with one attached hydrogen (secondary N) is 1. The minimum Gasteiger partial charge on any atom is -0.393 e. The van der Waals surface area contributed by atoms with Crippen LogP contribution in [0, 0.1) is 0 Å². The molecule has 16 heavy (non-hydrogen) atoms. The molecule has 2 N–H and O–H groups in total. The molecule has 3 rings (SSSR count). The molecule has 0 atom stereocenters. The molecule has 0 spiro atoms. The van der Waals surface area contributed by atoms with Crippen LogP contribution in [0.15, 0.2) is 18.3 Å². The van der Waals surface area contributed by atoms with Crippen molar-refractivity contribution < 1.29 is 9.90 Å². The number of aliphatic hydroxyl groups is 1. The van der Waals surface area contributed by atoms with Crippen LogP contribution in [0.25, 0.3) is 0 Å². The van der Waals surface area contributed by atoms with Gasteiger partial charge in [0.25, 0.3) is 5.91 Å². The van der Waals surface area contributed by atoms with Gasteiger partial charge in [0.2, 0.25) is 0 Å². The summed E-state index contributed by atoms with van der Waals surface area (Å²) in [5.74, 6) is -0.00574. The Morgan fingerprint density at radius 1 is 1.44 bits per heavy atom. The van der Waals surface area contributed by atoms with Gasteiger partial charge in [-0.05, 0) is 37.8 Å². The van der Waals surface area contributed by atoms with E-state index in [0.29, 0.717) is 18.9 Å². The van der Waals surface area contributed by atoms with E-state index in [-0.39, 0.29) is 18.1 Å².